The molecule has 22 heavy (non-hydrogen) atoms. The SMILES string of the molecule is CN(C(=O)C(C)(C)C)C1CCN(c2ccc(C#N)nc2)CC1. The van der Waals surface area contributed by atoms with E-state index in [1.165, 1.54) is 0 Å². The maximum absolute atomic E-state index is 12.4. The Morgan fingerprint density at radius 1 is 1.36 bits per heavy atom. The Morgan fingerprint density at radius 2 is 2.00 bits per heavy atom. The van der Waals surface area contributed by atoms with E-state index in [4.69, 9.17) is 5.26 Å². The first-order valence-electron chi connectivity index (χ1n) is 7.71. The molecule has 2 rings (SSSR count). The highest BCUT2D eigenvalue weighted by Gasteiger charge is 2.31. The average Bonchev–Trinajstić information content (AvgIpc) is 2.53. The van der Waals surface area contributed by atoms with Crippen molar-refractivity contribution in [3.63, 3.8) is 0 Å². The zero-order valence-electron chi connectivity index (χ0n) is 13.8. The number of hydrogen-bond donors (Lipinski definition) is 0. The van der Waals surface area contributed by atoms with Crippen LogP contribution in [0.3, 0.4) is 0 Å². The average molecular weight is 300 g/mol. The van der Waals surface area contributed by atoms with Gasteiger partial charge in [-0.15, -0.1) is 0 Å². The van der Waals surface area contributed by atoms with Crippen LogP contribution in [0.5, 0.6) is 0 Å². The van der Waals surface area contributed by atoms with Gasteiger partial charge in [0.05, 0.1) is 11.9 Å². The number of carbonyl (C=O) groups is 1. The van der Waals surface area contributed by atoms with E-state index in [0.717, 1.165) is 31.6 Å². The highest BCUT2D eigenvalue weighted by Crippen LogP contribution is 2.25. The van der Waals surface area contributed by atoms with Gasteiger partial charge in [-0.3, -0.25) is 4.79 Å². The van der Waals surface area contributed by atoms with Crippen molar-refractivity contribution in [2.75, 3.05) is 25.0 Å². The summed E-state index contributed by atoms with van der Waals surface area (Å²) in [4.78, 5) is 20.7. The van der Waals surface area contributed by atoms with Crippen LogP contribution >= 0.6 is 0 Å². The lowest BCUT2D eigenvalue weighted by Gasteiger charge is -2.39. The number of piperidine rings is 1. The predicted molar refractivity (Wildman–Crippen MR) is 86.4 cm³/mol. The van der Waals surface area contributed by atoms with E-state index in [1.807, 2.05) is 44.9 Å². The van der Waals surface area contributed by atoms with Crippen LogP contribution in [0.4, 0.5) is 5.69 Å². The molecule has 1 aromatic heterocycles. The van der Waals surface area contributed by atoms with Crippen LogP contribution in [0.1, 0.15) is 39.3 Å². The molecule has 1 amide bonds. The molecule has 0 aromatic carbocycles. The summed E-state index contributed by atoms with van der Waals surface area (Å²) in [7, 11) is 1.91. The van der Waals surface area contributed by atoms with Gasteiger partial charge in [0, 0.05) is 31.6 Å². The summed E-state index contributed by atoms with van der Waals surface area (Å²) < 4.78 is 0. The van der Waals surface area contributed by atoms with Crippen LogP contribution in [0.25, 0.3) is 0 Å². The molecule has 0 N–H and O–H groups in total. The number of amides is 1. The number of anilines is 1. The normalized spacial score (nSPS) is 16.2. The van der Waals surface area contributed by atoms with Crippen molar-refractivity contribution in [3.05, 3.63) is 24.0 Å². The van der Waals surface area contributed by atoms with Crippen molar-refractivity contribution < 1.29 is 4.79 Å². The molecule has 0 bridgehead atoms. The van der Waals surface area contributed by atoms with E-state index in [1.54, 1.807) is 12.3 Å². The van der Waals surface area contributed by atoms with Gasteiger partial charge < -0.3 is 9.80 Å². The van der Waals surface area contributed by atoms with Gasteiger partial charge in [0.1, 0.15) is 11.8 Å². The summed E-state index contributed by atoms with van der Waals surface area (Å²) >= 11 is 0. The standard InChI is InChI=1S/C17H24N4O/c1-17(2,3)16(22)20(4)14-7-9-21(10-8-14)15-6-5-13(11-18)19-12-15/h5-6,12,14H,7-10H2,1-4H3. The number of aromatic nitrogens is 1. The van der Waals surface area contributed by atoms with Crippen LogP contribution in [0, 0.1) is 16.7 Å². The molecule has 2 heterocycles. The van der Waals surface area contributed by atoms with Gasteiger partial charge >= 0.3 is 0 Å². The predicted octanol–water partition coefficient (Wildman–Crippen LogP) is 2.43. The summed E-state index contributed by atoms with van der Waals surface area (Å²) in [6.45, 7) is 7.69. The number of hydrogen-bond acceptors (Lipinski definition) is 4. The molecular formula is C17H24N4O. The molecule has 0 aliphatic carbocycles. The molecule has 118 valence electrons. The fourth-order valence-corrected chi connectivity index (χ4v) is 2.85. The molecule has 1 aliphatic rings. The molecule has 0 saturated carbocycles. The first-order chi connectivity index (χ1) is 10.3. The topological polar surface area (TPSA) is 60.2 Å². The second kappa shape index (κ2) is 6.35. The molecule has 5 heteroatoms. The molecule has 1 aromatic rings. The second-order valence-electron chi connectivity index (χ2n) is 6.90. The van der Waals surface area contributed by atoms with Gasteiger partial charge in [-0.05, 0) is 25.0 Å². The summed E-state index contributed by atoms with van der Waals surface area (Å²) in [5, 5.41) is 8.79. The van der Waals surface area contributed by atoms with Crippen LogP contribution in [0.2, 0.25) is 0 Å². The van der Waals surface area contributed by atoms with E-state index in [-0.39, 0.29) is 11.3 Å². The lowest BCUT2D eigenvalue weighted by atomic mass is 9.92. The smallest absolute Gasteiger partial charge is 0.227 e. The fraction of sp³-hybridized carbons (Fsp3) is 0.588. The van der Waals surface area contributed by atoms with Crippen LogP contribution < -0.4 is 4.90 Å². The van der Waals surface area contributed by atoms with Gasteiger partial charge in [0.15, 0.2) is 0 Å². The molecule has 0 atom stereocenters. The van der Waals surface area contributed by atoms with Crippen molar-refractivity contribution in [1.82, 2.24) is 9.88 Å². The van der Waals surface area contributed by atoms with Gasteiger partial charge in [-0.1, -0.05) is 20.8 Å². The Bertz CT molecular complexity index is 560. The quantitative estimate of drug-likeness (QED) is 0.841. The number of nitriles is 1. The summed E-state index contributed by atoms with van der Waals surface area (Å²) in [6, 6.07) is 6.02. The molecule has 1 fully saturated rings. The third kappa shape index (κ3) is 3.56. The van der Waals surface area contributed by atoms with E-state index in [9.17, 15) is 4.79 Å². The zero-order chi connectivity index (χ0) is 16.3. The van der Waals surface area contributed by atoms with Crippen molar-refractivity contribution in [3.8, 4) is 6.07 Å². The minimum Gasteiger partial charge on any atom is -0.370 e. The second-order valence-corrected chi connectivity index (χ2v) is 6.90. The van der Waals surface area contributed by atoms with E-state index >= 15 is 0 Å². The summed E-state index contributed by atoms with van der Waals surface area (Å²) in [6.07, 6.45) is 3.67. The number of carbonyl (C=O) groups excluding carboxylic acids is 1. The van der Waals surface area contributed by atoms with E-state index < -0.39 is 0 Å². The molecule has 5 nitrogen and oxygen atoms in total. The summed E-state index contributed by atoms with van der Waals surface area (Å²) in [5.41, 5.74) is 1.15. The number of rotatable bonds is 2. The largest absolute Gasteiger partial charge is 0.370 e. The Morgan fingerprint density at radius 3 is 2.45 bits per heavy atom. The number of pyridine rings is 1. The Hall–Kier alpha value is -2.09. The highest BCUT2D eigenvalue weighted by molar-refractivity contribution is 5.81. The fourth-order valence-electron chi connectivity index (χ4n) is 2.85. The minimum atomic E-state index is -0.330. The van der Waals surface area contributed by atoms with Gasteiger partial charge in [-0.25, -0.2) is 4.98 Å². The third-order valence-corrected chi connectivity index (χ3v) is 4.20. The highest BCUT2D eigenvalue weighted by atomic mass is 16.2. The lowest BCUT2D eigenvalue weighted by molar-refractivity contribution is -0.140. The van der Waals surface area contributed by atoms with Crippen LogP contribution in [0.15, 0.2) is 18.3 Å². The summed E-state index contributed by atoms with van der Waals surface area (Å²) in [5.74, 6) is 0.200. The zero-order valence-corrected chi connectivity index (χ0v) is 13.8. The molecule has 1 aliphatic heterocycles. The van der Waals surface area contributed by atoms with Crippen molar-refractivity contribution in [1.29, 1.82) is 5.26 Å². The monoisotopic (exact) mass is 300 g/mol. The molecular weight excluding hydrogens is 276 g/mol. The number of nitrogens with zero attached hydrogens (tertiary/aromatic N) is 4. The first-order valence-corrected chi connectivity index (χ1v) is 7.71. The molecule has 0 radical (unpaired) electrons. The molecule has 0 unspecified atom stereocenters. The van der Waals surface area contributed by atoms with Crippen LogP contribution in [-0.2, 0) is 4.79 Å². The molecule has 1 saturated heterocycles. The van der Waals surface area contributed by atoms with Crippen molar-refractivity contribution in [2.45, 2.75) is 39.7 Å². The molecule has 0 spiro atoms. The van der Waals surface area contributed by atoms with E-state index in [0.29, 0.717) is 11.7 Å². The van der Waals surface area contributed by atoms with Gasteiger partial charge in [-0.2, -0.15) is 5.26 Å². The van der Waals surface area contributed by atoms with Crippen molar-refractivity contribution in [2.24, 2.45) is 5.41 Å². The Kier molecular flexibility index (Phi) is 4.70. The van der Waals surface area contributed by atoms with Gasteiger partial charge in [0.25, 0.3) is 0 Å². The van der Waals surface area contributed by atoms with E-state index in [2.05, 4.69) is 9.88 Å². The minimum absolute atomic E-state index is 0.200. The Labute approximate surface area is 132 Å². The maximum Gasteiger partial charge on any atom is 0.227 e. The first kappa shape index (κ1) is 16.3. The van der Waals surface area contributed by atoms with Crippen molar-refractivity contribution >= 4 is 11.6 Å². The van der Waals surface area contributed by atoms with Crippen LogP contribution in [-0.4, -0.2) is 42.0 Å². The maximum atomic E-state index is 12.4. The Balaban J connectivity index is 1.95. The lowest BCUT2D eigenvalue weighted by Crippen LogP contribution is -2.48. The van der Waals surface area contributed by atoms with Gasteiger partial charge in [0.2, 0.25) is 5.91 Å². The third-order valence-electron chi connectivity index (χ3n) is 4.20.